The summed E-state index contributed by atoms with van der Waals surface area (Å²) in [6.07, 6.45) is 9.48. The molecule has 5 nitrogen and oxygen atoms in total. The van der Waals surface area contributed by atoms with Gasteiger partial charge in [-0.15, -0.1) is 0 Å². The third-order valence-corrected chi connectivity index (χ3v) is 5.39. The number of anilines is 1. The van der Waals surface area contributed by atoms with Crippen LogP contribution in [-0.4, -0.2) is 56.8 Å². The van der Waals surface area contributed by atoms with E-state index in [1.165, 1.54) is 23.0 Å². The number of hydrogen-bond acceptors (Lipinski definition) is 5. The monoisotopic (exact) mass is 428 g/mol. The third kappa shape index (κ3) is 9.01. The molecule has 0 N–H and O–H groups in total. The minimum Gasteiger partial charge on any atom is -0.458 e. The first-order valence-corrected chi connectivity index (χ1v) is 11.4. The normalized spacial score (nSPS) is 11.2. The van der Waals surface area contributed by atoms with Crippen LogP contribution in [-0.2, 0) is 11.3 Å². The summed E-state index contributed by atoms with van der Waals surface area (Å²) in [5.41, 5.74) is 3.57. The van der Waals surface area contributed by atoms with Gasteiger partial charge in [-0.1, -0.05) is 24.3 Å². The van der Waals surface area contributed by atoms with Crippen molar-refractivity contribution in [1.82, 2.24) is 4.90 Å². The van der Waals surface area contributed by atoms with E-state index in [4.69, 9.17) is 4.74 Å². The number of nitrogens with zero attached hydrogens (tertiary/aromatic N) is 3. The number of carbonyl (C=O) groups is 1. The van der Waals surface area contributed by atoms with Crippen molar-refractivity contribution in [2.75, 3.05) is 51.5 Å². The van der Waals surface area contributed by atoms with Gasteiger partial charge in [-0.05, 0) is 69.0 Å². The van der Waals surface area contributed by atoms with Crippen LogP contribution in [0.1, 0.15) is 24.5 Å². The Morgan fingerprint density at radius 2 is 1.63 bits per heavy atom. The first-order valence-electron chi connectivity index (χ1n) is 10.4. The van der Waals surface area contributed by atoms with Gasteiger partial charge in [0.05, 0.1) is 12.4 Å². The molecule has 0 saturated heterocycles. The van der Waals surface area contributed by atoms with Crippen LogP contribution < -0.4 is 9.47 Å². The molecule has 30 heavy (non-hydrogen) atoms. The number of ether oxygens (including phenoxy) is 1. The molecule has 0 aliphatic rings. The van der Waals surface area contributed by atoms with Crippen LogP contribution in [0.4, 0.5) is 10.5 Å². The van der Waals surface area contributed by atoms with Crippen LogP contribution in [0.15, 0.2) is 48.8 Å². The molecule has 0 fully saturated rings. The van der Waals surface area contributed by atoms with Crippen molar-refractivity contribution in [2.45, 2.75) is 19.9 Å². The lowest BCUT2D eigenvalue weighted by Crippen LogP contribution is -2.34. The van der Waals surface area contributed by atoms with E-state index < -0.39 is 0 Å². The minimum absolute atomic E-state index is 0.205. The Labute approximate surface area is 185 Å². The predicted octanol–water partition coefficient (Wildman–Crippen LogP) is 4.42. The highest BCUT2D eigenvalue weighted by Crippen LogP contribution is 2.16. The molecule has 6 heteroatoms. The zero-order chi connectivity index (χ0) is 21.8. The van der Waals surface area contributed by atoms with Gasteiger partial charge in [0, 0.05) is 31.4 Å². The molecule has 0 amide bonds. The Morgan fingerprint density at radius 3 is 2.23 bits per heavy atom. The largest absolute Gasteiger partial charge is 0.458 e. The van der Waals surface area contributed by atoms with E-state index in [2.05, 4.69) is 84.1 Å². The van der Waals surface area contributed by atoms with Gasteiger partial charge in [0.25, 0.3) is 0 Å². The molecular weight excluding hydrogens is 394 g/mol. The number of benzene rings is 1. The Morgan fingerprint density at radius 1 is 1.00 bits per heavy atom. The Balaban J connectivity index is 1.81. The number of aryl methyl sites for hydroxylation is 1. The molecule has 1 aromatic heterocycles. The van der Waals surface area contributed by atoms with Crippen LogP contribution in [0.25, 0.3) is 12.2 Å². The summed E-state index contributed by atoms with van der Waals surface area (Å²) in [7, 11) is 6.36. The summed E-state index contributed by atoms with van der Waals surface area (Å²) in [6, 6.07) is 12.8. The van der Waals surface area contributed by atoms with Crippen LogP contribution >= 0.6 is 11.8 Å². The van der Waals surface area contributed by atoms with E-state index in [1.54, 1.807) is 0 Å². The topological polar surface area (TPSA) is 36.7 Å². The van der Waals surface area contributed by atoms with E-state index in [0.29, 0.717) is 12.4 Å². The van der Waals surface area contributed by atoms with Crippen LogP contribution in [0.5, 0.6) is 0 Å². The molecule has 0 bridgehead atoms. The molecule has 0 aliphatic carbocycles. The van der Waals surface area contributed by atoms with Crippen molar-refractivity contribution in [3.8, 4) is 0 Å². The Kier molecular flexibility index (Phi) is 10.5. The summed E-state index contributed by atoms with van der Waals surface area (Å²) in [5.74, 6) is 0.703. The summed E-state index contributed by atoms with van der Waals surface area (Å²) >= 11 is 1.21. The Hall–Kier alpha value is -2.31. The van der Waals surface area contributed by atoms with E-state index >= 15 is 0 Å². The molecule has 2 rings (SSSR count). The lowest BCUT2D eigenvalue weighted by molar-refractivity contribution is -0.692. The average molecular weight is 429 g/mol. The van der Waals surface area contributed by atoms with Gasteiger partial charge in [0.15, 0.2) is 18.9 Å². The molecule has 0 radical (unpaired) electrons. The molecule has 0 aliphatic heterocycles. The van der Waals surface area contributed by atoms with Crippen molar-refractivity contribution in [3.63, 3.8) is 0 Å². The first-order chi connectivity index (χ1) is 14.5. The summed E-state index contributed by atoms with van der Waals surface area (Å²) in [5, 5.41) is -0.205. The molecule has 1 heterocycles. The first kappa shape index (κ1) is 24.0. The summed E-state index contributed by atoms with van der Waals surface area (Å²) < 4.78 is 6.99. The second-order valence-corrected chi connectivity index (χ2v) is 8.43. The van der Waals surface area contributed by atoms with Crippen molar-refractivity contribution < 1.29 is 14.1 Å². The van der Waals surface area contributed by atoms with Crippen molar-refractivity contribution in [3.05, 3.63) is 59.9 Å². The number of thioether (sulfide) groups is 1. The van der Waals surface area contributed by atoms with Crippen molar-refractivity contribution >= 4 is 34.9 Å². The van der Waals surface area contributed by atoms with E-state index in [-0.39, 0.29) is 5.30 Å². The molecular formula is C24H34N3O2S+. The highest BCUT2D eigenvalue weighted by atomic mass is 32.2. The van der Waals surface area contributed by atoms with Gasteiger partial charge in [-0.3, -0.25) is 0 Å². The smallest absolute Gasteiger partial charge is 0.367 e. The third-order valence-electron chi connectivity index (χ3n) is 4.65. The molecule has 0 spiro atoms. The fourth-order valence-corrected chi connectivity index (χ4v) is 3.58. The SMILES string of the molecule is CCOC(=O)SCC[n+]1ccc(C=Cc2ccc(N(C)CCCN(C)C)cc2)cc1. The molecule has 0 unspecified atom stereocenters. The van der Waals surface area contributed by atoms with Gasteiger partial charge >= 0.3 is 5.30 Å². The highest BCUT2D eigenvalue weighted by molar-refractivity contribution is 8.13. The second-order valence-electron chi connectivity index (χ2n) is 7.40. The van der Waals surface area contributed by atoms with Crippen LogP contribution in [0.2, 0.25) is 0 Å². The zero-order valence-corrected chi connectivity index (χ0v) is 19.4. The van der Waals surface area contributed by atoms with E-state index in [0.717, 1.165) is 31.6 Å². The lowest BCUT2D eigenvalue weighted by atomic mass is 10.1. The molecule has 2 aromatic rings. The zero-order valence-electron chi connectivity index (χ0n) is 18.6. The van der Waals surface area contributed by atoms with Crippen LogP contribution in [0.3, 0.4) is 0 Å². The molecule has 0 atom stereocenters. The number of carbonyl (C=O) groups excluding carboxylic acids is 1. The standard InChI is InChI=1S/C24H34N3O2S/c1-5-29-24(28)30-20-19-27-17-13-22(14-18-27)8-7-21-9-11-23(12-10-21)26(4)16-6-15-25(2)3/h7-14,17-18H,5-6,15-16,19-20H2,1-4H3/q+1. The number of aromatic nitrogens is 1. The molecule has 1 aromatic carbocycles. The van der Waals surface area contributed by atoms with E-state index in [9.17, 15) is 4.79 Å². The van der Waals surface area contributed by atoms with Gasteiger partial charge < -0.3 is 14.5 Å². The maximum absolute atomic E-state index is 11.4. The quantitative estimate of drug-likeness (QED) is 0.391. The maximum Gasteiger partial charge on any atom is 0.367 e. The minimum atomic E-state index is -0.205. The highest BCUT2D eigenvalue weighted by Gasteiger charge is 2.06. The van der Waals surface area contributed by atoms with Gasteiger partial charge in [-0.25, -0.2) is 9.36 Å². The second kappa shape index (κ2) is 13.1. The number of pyridine rings is 1. The molecule has 0 saturated carbocycles. The average Bonchev–Trinajstić information content (AvgIpc) is 2.73. The maximum atomic E-state index is 11.4. The van der Waals surface area contributed by atoms with Gasteiger partial charge in [0.2, 0.25) is 0 Å². The van der Waals surface area contributed by atoms with Crippen molar-refractivity contribution in [2.24, 2.45) is 0 Å². The molecule has 162 valence electrons. The lowest BCUT2D eigenvalue weighted by Gasteiger charge is -2.20. The van der Waals surface area contributed by atoms with Crippen LogP contribution in [0, 0.1) is 0 Å². The van der Waals surface area contributed by atoms with Crippen molar-refractivity contribution in [1.29, 1.82) is 0 Å². The fraction of sp³-hybridized carbons (Fsp3) is 0.417. The summed E-state index contributed by atoms with van der Waals surface area (Å²) in [4.78, 5) is 15.9. The Bertz CT molecular complexity index is 789. The predicted molar refractivity (Wildman–Crippen MR) is 128 cm³/mol. The van der Waals surface area contributed by atoms with E-state index in [1.807, 2.05) is 19.3 Å². The van der Waals surface area contributed by atoms with Gasteiger partial charge in [-0.2, -0.15) is 0 Å². The number of hydrogen-bond donors (Lipinski definition) is 0. The van der Waals surface area contributed by atoms with Gasteiger partial charge in [0.1, 0.15) is 0 Å². The summed E-state index contributed by atoms with van der Waals surface area (Å²) in [6.45, 7) is 5.18. The fourth-order valence-electron chi connectivity index (χ4n) is 2.91. The number of rotatable bonds is 11.